The van der Waals surface area contributed by atoms with E-state index in [2.05, 4.69) is 12.2 Å². The number of unbranched alkanes of at least 4 members (excludes halogenated alkanes) is 4. The molecule has 1 aromatic rings. The summed E-state index contributed by atoms with van der Waals surface area (Å²) in [4.78, 5) is 25.6. The van der Waals surface area contributed by atoms with E-state index in [1.54, 1.807) is 25.2 Å². The summed E-state index contributed by atoms with van der Waals surface area (Å²) >= 11 is 5.94. The average Bonchev–Trinajstić information content (AvgIpc) is 2.54. The molecule has 0 radical (unpaired) electrons. The maximum atomic E-state index is 12.1. The maximum Gasteiger partial charge on any atom is 0.244 e. The van der Waals surface area contributed by atoms with E-state index in [-0.39, 0.29) is 18.4 Å². The van der Waals surface area contributed by atoms with Gasteiger partial charge in [0.25, 0.3) is 0 Å². The summed E-state index contributed by atoms with van der Waals surface area (Å²) in [6.45, 7) is 2.16. The zero-order chi connectivity index (χ0) is 17.9. The topological polar surface area (TPSA) is 58.6 Å². The zero-order valence-corrected chi connectivity index (χ0v) is 15.5. The van der Waals surface area contributed by atoms with Crippen LogP contribution in [0, 0.1) is 0 Å². The summed E-state index contributed by atoms with van der Waals surface area (Å²) in [6.07, 6.45) is 5.94. The first-order chi connectivity index (χ1) is 11.5. The van der Waals surface area contributed by atoms with Gasteiger partial charge in [-0.1, -0.05) is 44.2 Å². The minimum absolute atomic E-state index is 0.00343. The monoisotopic (exact) mass is 354 g/mol. The van der Waals surface area contributed by atoms with E-state index >= 15 is 0 Å². The van der Waals surface area contributed by atoms with Gasteiger partial charge < -0.3 is 15.0 Å². The molecule has 0 saturated carbocycles. The lowest BCUT2D eigenvalue weighted by Gasteiger charge is -2.17. The Kier molecular flexibility index (Phi) is 9.23. The van der Waals surface area contributed by atoms with Crippen molar-refractivity contribution in [2.24, 2.45) is 0 Å². The number of rotatable bonds is 10. The normalized spacial score (nSPS) is 10.3. The molecule has 0 aromatic heterocycles. The van der Waals surface area contributed by atoms with E-state index in [4.69, 9.17) is 16.3 Å². The van der Waals surface area contributed by atoms with Gasteiger partial charge >= 0.3 is 0 Å². The highest BCUT2D eigenvalue weighted by molar-refractivity contribution is 6.31. The third-order valence-corrected chi connectivity index (χ3v) is 3.97. The molecule has 24 heavy (non-hydrogen) atoms. The fraction of sp³-hybridized carbons (Fsp3) is 0.556. The summed E-state index contributed by atoms with van der Waals surface area (Å²) < 4.78 is 5.19. The summed E-state index contributed by atoms with van der Waals surface area (Å²) in [5, 5.41) is 3.23. The van der Waals surface area contributed by atoms with E-state index in [1.807, 2.05) is 0 Å². The number of halogens is 1. The molecule has 0 bridgehead atoms. The van der Waals surface area contributed by atoms with Gasteiger partial charge in [0.2, 0.25) is 11.8 Å². The molecule has 1 aromatic carbocycles. The van der Waals surface area contributed by atoms with Crippen molar-refractivity contribution in [1.82, 2.24) is 4.90 Å². The van der Waals surface area contributed by atoms with Gasteiger partial charge in [0.15, 0.2) is 0 Å². The molecule has 0 aliphatic rings. The molecule has 0 saturated heterocycles. The third kappa shape index (κ3) is 7.21. The van der Waals surface area contributed by atoms with Gasteiger partial charge in [0.05, 0.1) is 19.3 Å². The number of methoxy groups -OCH3 is 1. The van der Waals surface area contributed by atoms with Gasteiger partial charge in [-0.3, -0.25) is 9.59 Å². The largest absolute Gasteiger partial charge is 0.495 e. The molecule has 6 heteroatoms. The lowest BCUT2D eigenvalue weighted by molar-refractivity contribution is -0.133. The van der Waals surface area contributed by atoms with Crippen molar-refractivity contribution in [3.63, 3.8) is 0 Å². The molecular weight excluding hydrogens is 328 g/mol. The average molecular weight is 355 g/mol. The fourth-order valence-corrected chi connectivity index (χ4v) is 2.51. The molecule has 2 amide bonds. The molecule has 1 rings (SSSR count). The number of anilines is 1. The van der Waals surface area contributed by atoms with Gasteiger partial charge in [0.1, 0.15) is 5.75 Å². The van der Waals surface area contributed by atoms with Gasteiger partial charge in [-0.25, -0.2) is 0 Å². The molecule has 0 atom stereocenters. The molecule has 0 unspecified atom stereocenters. The highest BCUT2D eigenvalue weighted by Gasteiger charge is 2.14. The zero-order valence-electron chi connectivity index (χ0n) is 14.7. The highest BCUT2D eigenvalue weighted by atomic mass is 35.5. The molecule has 0 heterocycles. The van der Waals surface area contributed by atoms with E-state index in [9.17, 15) is 9.59 Å². The Hall–Kier alpha value is -1.75. The van der Waals surface area contributed by atoms with Crippen LogP contribution in [0.5, 0.6) is 5.75 Å². The second-order valence-corrected chi connectivity index (χ2v) is 6.24. The number of carbonyl (C=O) groups is 2. The van der Waals surface area contributed by atoms with E-state index in [0.717, 1.165) is 19.3 Å². The van der Waals surface area contributed by atoms with E-state index < -0.39 is 0 Å². The standard InChI is InChI=1S/C18H27ClN2O3/c1-4-5-6-7-8-9-18(23)21(2)13-17(22)20-15-12-14(19)10-11-16(15)24-3/h10-12H,4-9,13H2,1-3H3,(H,20,22). The number of amides is 2. The first kappa shape index (κ1) is 20.3. The maximum absolute atomic E-state index is 12.1. The van der Waals surface area contributed by atoms with Crippen LogP contribution in [0.4, 0.5) is 5.69 Å². The highest BCUT2D eigenvalue weighted by Crippen LogP contribution is 2.27. The van der Waals surface area contributed by atoms with Gasteiger partial charge in [0, 0.05) is 18.5 Å². The summed E-state index contributed by atoms with van der Waals surface area (Å²) in [7, 11) is 3.16. The first-order valence-corrected chi connectivity index (χ1v) is 8.73. The molecule has 0 spiro atoms. The van der Waals surface area contributed by atoms with Crippen molar-refractivity contribution in [1.29, 1.82) is 0 Å². The minimum Gasteiger partial charge on any atom is -0.495 e. The number of nitrogens with one attached hydrogen (secondary N) is 1. The van der Waals surface area contributed by atoms with Crippen LogP contribution < -0.4 is 10.1 Å². The van der Waals surface area contributed by atoms with Crippen molar-refractivity contribution in [2.45, 2.75) is 45.4 Å². The Bertz CT molecular complexity index is 549. The van der Waals surface area contributed by atoms with Crippen LogP contribution in [0.1, 0.15) is 45.4 Å². The molecule has 134 valence electrons. The molecule has 0 aliphatic heterocycles. The van der Waals surface area contributed by atoms with Crippen molar-refractivity contribution in [3.05, 3.63) is 23.2 Å². The number of hydrogen-bond acceptors (Lipinski definition) is 3. The summed E-state index contributed by atoms with van der Waals surface area (Å²) in [5.41, 5.74) is 0.496. The molecule has 5 nitrogen and oxygen atoms in total. The van der Waals surface area contributed by atoms with Crippen LogP contribution in [0.25, 0.3) is 0 Å². The quantitative estimate of drug-likeness (QED) is 0.643. The van der Waals surface area contributed by atoms with Crippen LogP contribution in [-0.2, 0) is 9.59 Å². The lowest BCUT2D eigenvalue weighted by Crippen LogP contribution is -2.34. The Morgan fingerprint density at radius 1 is 1.21 bits per heavy atom. The van der Waals surface area contributed by atoms with Crippen LogP contribution in [0.3, 0.4) is 0 Å². The van der Waals surface area contributed by atoms with Gasteiger partial charge in [-0.2, -0.15) is 0 Å². The number of ether oxygens (including phenoxy) is 1. The number of hydrogen-bond donors (Lipinski definition) is 1. The second-order valence-electron chi connectivity index (χ2n) is 5.81. The smallest absolute Gasteiger partial charge is 0.244 e. The fourth-order valence-electron chi connectivity index (χ4n) is 2.34. The van der Waals surface area contributed by atoms with Crippen LogP contribution in [0.2, 0.25) is 5.02 Å². The minimum atomic E-state index is -0.280. The van der Waals surface area contributed by atoms with Crippen molar-refractivity contribution < 1.29 is 14.3 Å². The Morgan fingerprint density at radius 3 is 2.58 bits per heavy atom. The number of benzene rings is 1. The third-order valence-electron chi connectivity index (χ3n) is 3.74. The SMILES string of the molecule is CCCCCCCC(=O)N(C)CC(=O)Nc1cc(Cl)ccc1OC. The van der Waals surface area contributed by atoms with Crippen molar-refractivity contribution >= 4 is 29.1 Å². The molecule has 0 aliphatic carbocycles. The Labute approximate surface area is 149 Å². The second kappa shape index (κ2) is 10.9. The van der Waals surface area contributed by atoms with Crippen LogP contribution in [-0.4, -0.2) is 37.4 Å². The lowest BCUT2D eigenvalue weighted by atomic mass is 10.1. The first-order valence-electron chi connectivity index (χ1n) is 8.35. The van der Waals surface area contributed by atoms with Crippen molar-refractivity contribution in [3.8, 4) is 5.75 Å². The summed E-state index contributed by atoms with van der Waals surface area (Å²) in [5.74, 6) is 0.231. The Morgan fingerprint density at radius 2 is 1.92 bits per heavy atom. The number of carbonyl (C=O) groups excluding carboxylic acids is 2. The Balaban J connectivity index is 2.43. The summed E-state index contributed by atoms with van der Waals surface area (Å²) in [6, 6.07) is 4.99. The number of likely N-dealkylation sites (N-methyl/N-ethyl adjacent to an activating group) is 1. The molecule has 0 fully saturated rings. The van der Waals surface area contributed by atoms with E-state index in [1.165, 1.54) is 24.9 Å². The van der Waals surface area contributed by atoms with Gasteiger partial charge in [-0.05, 0) is 24.6 Å². The predicted molar refractivity (Wildman–Crippen MR) is 97.6 cm³/mol. The molecule has 1 N–H and O–H groups in total. The van der Waals surface area contributed by atoms with Crippen LogP contribution in [0.15, 0.2) is 18.2 Å². The number of nitrogens with zero attached hydrogens (tertiary/aromatic N) is 1. The van der Waals surface area contributed by atoms with Crippen LogP contribution >= 0.6 is 11.6 Å². The van der Waals surface area contributed by atoms with Crippen molar-refractivity contribution in [2.75, 3.05) is 26.0 Å². The van der Waals surface area contributed by atoms with E-state index in [0.29, 0.717) is 22.9 Å². The molecular formula is C18H27ClN2O3. The van der Waals surface area contributed by atoms with Gasteiger partial charge in [-0.15, -0.1) is 0 Å². The predicted octanol–water partition coefficient (Wildman–Crippen LogP) is 4.11.